The minimum absolute atomic E-state index is 0.249. The summed E-state index contributed by atoms with van der Waals surface area (Å²) in [5, 5.41) is 21.5. The molecule has 1 aromatic heterocycles. The van der Waals surface area contributed by atoms with Crippen LogP contribution in [0.2, 0.25) is 0 Å². The third-order valence-electron chi connectivity index (χ3n) is 8.08. The fourth-order valence-electron chi connectivity index (χ4n) is 6.33. The molecule has 2 heterocycles. The van der Waals surface area contributed by atoms with Crippen LogP contribution in [-0.2, 0) is 25.2 Å². The van der Waals surface area contributed by atoms with Crippen molar-refractivity contribution in [3.05, 3.63) is 70.8 Å². The molecule has 2 N–H and O–H groups in total. The van der Waals surface area contributed by atoms with Crippen LogP contribution in [0.5, 0.6) is 5.75 Å². The number of alkyl halides is 3. The molecule has 0 bridgehead atoms. The van der Waals surface area contributed by atoms with E-state index in [2.05, 4.69) is 34.3 Å². The largest absolute Gasteiger partial charge is 0.505 e. The lowest BCUT2D eigenvalue weighted by molar-refractivity contribution is -0.138. The van der Waals surface area contributed by atoms with Gasteiger partial charge in [0.15, 0.2) is 5.75 Å². The first-order chi connectivity index (χ1) is 18.5. The van der Waals surface area contributed by atoms with Gasteiger partial charge in [-0.3, -0.25) is 9.69 Å². The third-order valence-corrected chi connectivity index (χ3v) is 8.08. The Morgan fingerprint density at radius 3 is 2.59 bits per heavy atom. The van der Waals surface area contributed by atoms with Crippen molar-refractivity contribution in [3.8, 4) is 5.75 Å². The predicted molar refractivity (Wildman–Crippen MR) is 141 cm³/mol. The van der Waals surface area contributed by atoms with E-state index in [-0.39, 0.29) is 11.3 Å². The molecule has 0 unspecified atom stereocenters. The van der Waals surface area contributed by atoms with Crippen molar-refractivity contribution >= 4 is 11.6 Å². The lowest BCUT2D eigenvalue weighted by atomic mass is 9.58. The molecule has 2 aromatic carbocycles. The highest BCUT2D eigenvalue weighted by atomic mass is 19.4. The second-order valence-electron chi connectivity index (χ2n) is 11.4. The Labute approximate surface area is 226 Å². The maximum Gasteiger partial charge on any atom is 0.420 e. The second kappa shape index (κ2) is 10.3. The van der Waals surface area contributed by atoms with Crippen molar-refractivity contribution in [2.24, 2.45) is 18.9 Å². The molecule has 1 amide bonds. The van der Waals surface area contributed by atoms with E-state index in [0.717, 1.165) is 56.2 Å². The van der Waals surface area contributed by atoms with Gasteiger partial charge in [0.25, 0.3) is 5.91 Å². The van der Waals surface area contributed by atoms with Gasteiger partial charge in [0, 0.05) is 25.7 Å². The van der Waals surface area contributed by atoms with Crippen LogP contribution in [-0.4, -0.2) is 43.8 Å². The molecule has 5 rings (SSSR count). The van der Waals surface area contributed by atoms with Gasteiger partial charge in [-0.2, -0.15) is 13.2 Å². The van der Waals surface area contributed by atoms with E-state index >= 15 is 0 Å². The summed E-state index contributed by atoms with van der Waals surface area (Å²) < 4.78 is 43.4. The number of nitrogens with zero attached hydrogens (tertiary/aromatic N) is 4. The number of hydrogen-bond donors (Lipinski definition) is 2. The number of likely N-dealkylation sites (tertiary alicyclic amines) is 1. The Bertz CT molecular complexity index is 1360. The molecule has 2 aliphatic rings. The zero-order valence-electron chi connectivity index (χ0n) is 22.4. The number of amides is 1. The first kappa shape index (κ1) is 27.2. The Morgan fingerprint density at radius 2 is 1.95 bits per heavy atom. The number of benzene rings is 2. The van der Waals surface area contributed by atoms with Crippen LogP contribution in [0.15, 0.2) is 42.7 Å². The molecular weight excluding hydrogens is 507 g/mol. The summed E-state index contributed by atoms with van der Waals surface area (Å²) in [7, 11) is 1.88. The van der Waals surface area contributed by atoms with Crippen molar-refractivity contribution in [2.75, 3.05) is 18.4 Å². The summed E-state index contributed by atoms with van der Waals surface area (Å²) in [5.41, 5.74) is -0.213. The number of piperidine rings is 1. The number of aryl methyl sites for hydroxylation is 1. The molecule has 0 radical (unpaired) electrons. The molecule has 1 aliphatic heterocycles. The third kappa shape index (κ3) is 5.39. The molecular formula is C29H34F3N5O2. The number of phenolic OH excluding ortho intramolecular Hbond substituents is 1. The minimum atomic E-state index is -4.77. The quantitative estimate of drug-likeness (QED) is 0.389. The van der Waals surface area contributed by atoms with Gasteiger partial charge in [-0.15, -0.1) is 10.2 Å². The molecule has 1 saturated carbocycles. The van der Waals surface area contributed by atoms with Crippen LogP contribution in [0.1, 0.15) is 72.4 Å². The Morgan fingerprint density at radius 1 is 1.18 bits per heavy atom. The summed E-state index contributed by atoms with van der Waals surface area (Å²) in [6.45, 7) is 6.19. The zero-order chi connectivity index (χ0) is 27.9. The topological polar surface area (TPSA) is 83.3 Å². The fraction of sp³-hybridized carbons (Fsp3) is 0.483. The van der Waals surface area contributed by atoms with Gasteiger partial charge in [0.1, 0.15) is 12.2 Å². The van der Waals surface area contributed by atoms with E-state index < -0.39 is 28.8 Å². The average molecular weight is 542 g/mol. The highest BCUT2D eigenvalue weighted by molar-refractivity contribution is 6.05. The number of aromatic hydroxyl groups is 1. The highest BCUT2D eigenvalue weighted by Crippen LogP contribution is 2.51. The normalized spacial score (nSPS) is 23.8. The number of hydrogen-bond acceptors (Lipinski definition) is 5. The maximum atomic E-state index is 13.8. The first-order valence-electron chi connectivity index (χ1n) is 13.4. The molecule has 1 atom stereocenters. The van der Waals surface area contributed by atoms with E-state index in [1.54, 1.807) is 24.5 Å². The molecule has 3 aromatic rings. The Balaban J connectivity index is 1.44. The molecule has 10 heteroatoms. The maximum absolute atomic E-state index is 13.8. The van der Waals surface area contributed by atoms with E-state index in [4.69, 9.17) is 0 Å². The van der Waals surface area contributed by atoms with Gasteiger partial charge in [-0.1, -0.05) is 26.0 Å². The van der Waals surface area contributed by atoms with E-state index in [1.807, 2.05) is 17.7 Å². The first-order valence-corrected chi connectivity index (χ1v) is 13.4. The number of nitrogens with one attached hydrogen (secondary N) is 1. The zero-order valence-corrected chi connectivity index (χ0v) is 22.4. The summed E-state index contributed by atoms with van der Waals surface area (Å²) in [6.07, 6.45) is 0.652. The number of anilines is 1. The van der Waals surface area contributed by atoms with E-state index in [1.165, 1.54) is 6.07 Å². The van der Waals surface area contributed by atoms with Crippen LogP contribution in [0.4, 0.5) is 18.9 Å². The van der Waals surface area contributed by atoms with Crippen LogP contribution in [0.25, 0.3) is 0 Å². The van der Waals surface area contributed by atoms with Crippen LogP contribution < -0.4 is 5.32 Å². The number of carbonyl (C=O) groups is 1. The number of phenols is 1. The minimum Gasteiger partial charge on any atom is -0.505 e. The van der Waals surface area contributed by atoms with Crippen LogP contribution in [0, 0.1) is 11.8 Å². The number of aromatic nitrogens is 3. The van der Waals surface area contributed by atoms with Crippen molar-refractivity contribution < 1.29 is 23.1 Å². The highest BCUT2D eigenvalue weighted by Gasteiger charge is 2.48. The lowest BCUT2D eigenvalue weighted by Crippen LogP contribution is -2.43. The standard InChI is InChI=1S/C29H34F3N5O2/c1-18-6-5-9-37(15-18)16-20-10-23(29(30,31)32)25(38)24(11-20)34-26(39)21-7-4-8-22(12-21)28(13-19(2)14-28)27-35-33-17-36(27)3/h4,7-8,10-12,17-19,38H,5-6,9,13-16H2,1-3H3,(H,34,39)/t18-,19-,28+/m0/s1. The van der Waals surface area contributed by atoms with Gasteiger partial charge in [0.05, 0.1) is 16.7 Å². The summed E-state index contributed by atoms with van der Waals surface area (Å²) >= 11 is 0. The molecule has 1 aliphatic carbocycles. The smallest absolute Gasteiger partial charge is 0.420 e. The lowest BCUT2D eigenvalue weighted by Gasteiger charge is -2.46. The molecule has 7 nitrogen and oxygen atoms in total. The summed E-state index contributed by atoms with van der Waals surface area (Å²) in [6, 6.07) is 9.51. The monoisotopic (exact) mass is 541 g/mol. The fourth-order valence-corrected chi connectivity index (χ4v) is 6.33. The van der Waals surface area contributed by atoms with Gasteiger partial charge in [-0.05, 0) is 79.5 Å². The Hall–Kier alpha value is -3.40. The van der Waals surface area contributed by atoms with Crippen molar-refractivity contribution in [1.82, 2.24) is 19.7 Å². The number of halogens is 3. The molecule has 2 fully saturated rings. The van der Waals surface area contributed by atoms with E-state index in [0.29, 0.717) is 23.9 Å². The van der Waals surface area contributed by atoms with Crippen molar-refractivity contribution in [2.45, 2.75) is 57.7 Å². The molecule has 208 valence electrons. The molecule has 39 heavy (non-hydrogen) atoms. The van der Waals surface area contributed by atoms with Crippen molar-refractivity contribution in [1.29, 1.82) is 0 Å². The van der Waals surface area contributed by atoms with Crippen LogP contribution >= 0.6 is 0 Å². The molecule has 1 saturated heterocycles. The SMILES string of the molecule is C[C@H]1CCCN(Cc2cc(NC(=O)c3cccc([C@]4(c5nncn5C)C[C@@H](C)C4)c3)c(O)c(C(F)(F)F)c2)C1. The van der Waals surface area contributed by atoms with Gasteiger partial charge in [-0.25, -0.2) is 0 Å². The number of rotatable bonds is 6. The predicted octanol–water partition coefficient (Wildman–Crippen LogP) is 5.74. The van der Waals surface area contributed by atoms with Gasteiger partial charge >= 0.3 is 6.18 Å². The second-order valence-corrected chi connectivity index (χ2v) is 11.4. The van der Waals surface area contributed by atoms with E-state index in [9.17, 15) is 23.1 Å². The Kier molecular flexibility index (Phi) is 7.17. The molecule has 0 spiro atoms. The average Bonchev–Trinajstić information content (AvgIpc) is 3.29. The number of carbonyl (C=O) groups excluding carboxylic acids is 1. The summed E-state index contributed by atoms with van der Waals surface area (Å²) in [5.74, 6) is 0.177. The van der Waals surface area contributed by atoms with Gasteiger partial charge in [0.2, 0.25) is 0 Å². The summed E-state index contributed by atoms with van der Waals surface area (Å²) in [4.78, 5) is 15.4. The van der Waals surface area contributed by atoms with Gasteiger partial charge < -0.3 is 15.0 Å². The van der Waals surface area contributed by atoms with Crippen molar-refractivity contribution in [3.63, 3.8) is 0 Å². The van der Waals surface area contributed by atoms with Crippen LogP contribution in [0.3, 0.4) is 0 Å².